The molecule has 0 aliphatic carbocycles. The molecule has 2 aromatic carbocycles. The van der Waals surface area contributed by atoms with Crippen molar-refractivity contribution in [3.63, 3.8) is 0 Å². The number of benzene rings is 2. The summed E-state index contributed by atoms with van der Waals surface area (Å²) in [4.78, 5) is 21.5. The summed E-state index contributed by atoms with van der Waals surface area (Å²) in [7, 11) is 1.66. The molecule has 0 aliphatic rings. The molecule has 3 aromatic rings. The first-order valence-corrected chi connectivity index (χ1v) is 9.55. The summed E-state index contributed by atoms with van der Waals surface area (Å²) < 4.78 is 5.25. The molecular weight excluding hydrogens is 364 g/mol. The van der Waals surface area contributed by atoms with Gasteiger partial charge in [-0.2, -0.15) is 0 Å². The molecule has 6 nitrogen and oxygen atoms in total. The van der Waals surface area contributed by atoms with Crippen molar-refractivity contribution in [2.45, 2.75) is 27.2 Å². The van der Waals surface area contributed by atoms with E-state index in [1.165, 1.54) is 0 Å². The summed E-state index contributed by atoms with van der Waals surface area (Å²) in [5, 5.41) is 6.14. The molecule has 2 N–H and O–H groups in total. The molecule has 3 rings (SSSR count). The minimum atomic E-state index is -0.252. The number of hydrogen-bond acceptors (Lipinski definition) is 5. The largest absolute Gasteiger partial charge is 0.497 e. The number of rotatable bonds is 7. The number of carbonyl (C=O) groups is 1. The molecule has 0 atom stereocenters. The molecule has 1 amide bonds. The Kier molecular flexibility index (Phi) is 6.44. The third-order valence-electron chi connectivity index (χ3n) is 4.55. The Hall–Kier alpha value is -3.41. The summed E-state index contributed by atoms with van der Waals surface area (Å²) in [5.41, 5.74) is 5.17. The number of nitrogens with one attached hydrogen (secondary N) is 2. The van der Waals surface area contributed by atoms with Gasteiger partial charge in [0.05, 0.1) is 7.11 Å². The van der Waals surface area contributed by atoms with E-state index in [0.29, 0.717) is 18.2 Å². The summed E-state index contributed by atoms with van der Waals surface area (Å²) in [5.74, 6) is 1.02. The molecule has 0 saturated heterocycles. The Morgan fingerprint density at radius 1 is 1.03 bits per heavy atom. The molecule has 0 unspecified atom stereocenters. The van der Waals surface area contributed by atoms with Gasteiger partial charge in [0.1, 0.15) is 11.4 Å². The molecular formula is C23H26N4O2. The zero-order valence-electron chi connectivity index (χ0n) is 17.2. The molecule has 0 saturated carbocycles. The van der Waals surface area contributed by atoms with Crippen LogP contribution in [0.3, 0.4) is 0 Å². The summed E-state index contributed by atoms with van der Waals surface area (Å²) in [6.45, 7) is 6.49. The first kappa shape index (κ1) is 20.3. The number of nitrogens with zero attached hydrogens (tertiary/aromatic N) is 2. The van der Waals surface area contributed by atoms with Crippen molar-refractivity contribution in [2.75, 3.05) is 24.3 Å². The minimum Gasteiger partial charge on any atom is -0.497 e. The Bertz CT molecular complexity index is 1020. The van der Waals surface area contributed by atoms with Gasteiger partial charge in [0.15, 0.2) is 0 Å². The second-order valence-electron chi connectivity index (χ2n) is 7.02. The molecule has 1 heterocycles. The number of amides is 1. The third-order valence-corrected chi connectivity index (χ3v) is 4.55. The topological polar surface area (TPSA) is 76.1 Å². The molecule has 29 heavy (non-hydrogen) atoms. The van der Waals surface area contributed by atoms with Crippen molar-refractivity contribution < 1.29 is 9.53 Å². The smallest absolute Gasteiger partial charge is 0.274 e. The second-order valence-corrected chi connectivity index (χ2v) is 7.02. The van der Waals surface area contributed by atoms with Crippen LogP contribution in [0, 0.1) is 20.8 Å². The van der Waals surface area contributed by atoms with E-state index in [2.05, 4.69) is 20.6 Å². The Morgan fingerprint density at radius 2 is 1.86 bits per heavy atom. The van der Waals surface area contributed by atoms with Crippen LogP contribution in [0.1, 0.15) is 32.9 Å². The highest BCUT2D eigenvalue weighted by Gasteiger charge is 2.12. The third kappa shape index (κ3) is 5.54. The molecule has 0 aliphatic heterocycles. The quantitative estimate of drug-likeness (QED) is 0.628. The van der Waals surface area contributed by atoms with Gasteiger partial charge >= 0.3 is 0 Å². The number of anilines is 2. The van der Waals surface area contributed by atoms with Crippen molar-refractivity contribution in [2.24, 2.45) is 0 Å². The maximum absolute atomic E-state index is 12.7. The van der Waals surface area contributed by atoms with Crippen LogP contribution in [0.2, 0.25) is 0 Å². The Labute approximate surface area is 171 Å². The van der Waals surface area contributed by atoms with Gasteiger partial charge in [0.2, 0.25) is 5.95 Å². The lowest BCUT2D eigenvalue weighted by Crippen LogP contribution is -2.17. The standard InChI is InChI=1S/C23H26N4O2/c1-15-8-9-20(16(2)12-15)26-22(28)21-13-17(3)25-23(27-21)24-11-10-18-6-5-7-19(14-18)29-4/h5-9,12-14H,10-11H2,1-4H3,(H,26,28)(H,24,25,27). The highest BCUT2D eigenvalue weighted by Crippen LogP contribution is 2.17. The molecule has 1 aromatic heterocycles. The van der Waals surface area contributed by atoms with Crippen molar-refractivity contribution in [1.82, 2.24) is 9.97 Å². The normalized spacial score (nSPS) is 10.5. The van der Waals surface area contributed by atoms with Crippen LogP contribution in [0.25, 0.3) is 0 Å². The van der Waals surface area contributed by atoms with Gasteiger partial charge in [-0.1, -0.05) is 29.8 Å². The Balaban J connectivity index is 1.66. The summed E-state index contributed by atoms with van der Waals surface area (Å²) in [6, 6.07) is 15.5. The summed E-state index contributed by atoms with van der Waals surface area (Å²) >= 11 is 0. The Morgan fingerprint density at radius 3 is 2.62 bits per heavy atom. The first-order chi connectivity index (χ1) is 13.9. The van der Waals surface area contributed by atoms with Crippen LogP contribution in [0.4, 0.5) is 11.6 Å². The zero-order valence-corrected chi connectivity index (χ0v) is 17.2. The highest BCUT2D eigenvalue weighted by atomic mass is 16.5. The predicted octanol–water partition coefficient (Wildman–Crippen LogP) is 4.32. The number of ether oxygens (including phenoxy) is 1. The average Bonchev–Trinajstić information content (AvgIpc) is 2.70. The van der Waals surface area contributed by atoms with E-state index in [1.54, 1.807) is 13.2 Å². The van der Waals surface area contributed by atoms with E-state index in [0.717, 1.165) is 40.2 Å². The van der Waals surface area contributed by atoms with Crippen molar-refractivity contribution in [1.29, 1.82) is 0 Å². The van der Waals surface area contributed by atoms with Crippen LogP contribution in [-0.4, -0.2) is 29.5 Å². The lowest BCUT2D eigenvalue weighted by molar-refractivity contribution is 0.102. The number of aryl methyl sites for hydroxylation is 3. The van der Waals surface area contributed by atoms with E-state index in [9.17, 15) is 4.79 Å². The van der Waals surface area contributed by atoms with E-state index in [1.807, 2.05) is 63.2 Å². The fraction of sp³-hybridized carbons (Fsp3) is 0.261. The van der Waals surface area contributed by atoms with Gasteiger partial charge in [0, 0.05) is 17.9 Å². The van der Waals surface area contributed by atoms with E-state index < -0.39 is 0 Å². The lowest BCUT2D eigenvalue weighted by Gasteiger charge is -2.11. The van der Waals surface area contributed by atoms with E-state index >= 15 is 0 Å². The molecule has 0 fully saturated rings. The zero-order chi connectivity index (χ0) is 20.8. The molecule has 150 valence electrons. The van der Waals surface area contributed by atoms with Gasteiger partial charge in [-0.25, -0.2) is 9.97 Å². The van der Waals surface area contributed by atoms with Crippen LogP contribution in [-0.2, 0) is 6.42 Å². The molecule has 6 heteroatoms. The number of aromatic nitrogens is 2. The minimum absolute atomic E-state index is 0.252. The second kappa shape index (κ2) is 9.19. The van der Waals surface area contributed by atoms with Gasteiger partial charge in [-0.3, -0.25) is 4.79 Å². The van der Waals surface area contributed by atoms with Gasteiger partial charge < -0.3 is 15.4 Å². The van der Waals surface area contributed by atoms with Crippen molar-refractivity contribution in [3.8, 4) is 5.75 Å². The first-order valence-electron chi connectivity index (χ1n) is 9.55. The van der Waals surface area contributed by atoms with Crippen LogP contribution in [0.5, 0.6) is 5.75 Å². The molecule has 0 radical (unpaired) electrons. The predicted molar refractivity (Wildman–Crippen MR) is 116 cm³/mol. The maximum Gasteiger partial charge on any atom is 0.274 e. The monoisotopic (exact) mass is 390 g/mol. The molecule has 0 bridgehead atoms. The number of carbonyl (C=O) groups excluding carboxylic acids is 1. The highest BCUT2D eigenvalue weighted by molar-refractivity contribution is 6.03. The van der Waals surface area contributed by atoms with Crippen LogP contribution < -0.4 is 15.4 Å². The van der Waals surface area contributed by atoms with Gasteiger partial charge in [-0.15, -0.1) is 0 Å². The van der Waals surface area contributed by atoms with E-state index in [4.69, 9.17) is 4.74 Å². The fourth-order valence-electron chi connectivity index (χ4n) is 3.05. The van der Waals surface area contributed by atoms with Gasteiger partial charge in [-0.05, 0) is 62.6 Å². The SMILES string of the molecule is COc1cccc(CCNc2nc(C)cc(C(=O)Nc3ccc(C)cc3C)n2)c1. The number of methoxy groups -OCH3 is 1. The maximum atomic E-state index is 12.7. The van der Waals surface area contributed by atoms with Crippen LogP contribution in [0.15, 0.2) is 48.5 Å². The summed E-state index contributed by atoms with van der Waals surface area (Å²) in [6.07, 6.45) is 0.790. The van der Waals surface area contributed by atoms with E-state index in [-0.39, 0.29) is 5.91 Å². The number of hydrogen-bond donors (Lipinski definition) is 2. The fourth-order valence-corrected chi connectivity index (χ4v) is 3.05. The average molecular weight is 390 g/mol. The van der Waals surface area contributed by atoms with Gasteiger partial charge in [0.25, 0.3) is 5.91 Å². The lowest BCUT2D eigenvalue weighted by atomic mass is 10.1. The van der Waals surface area contributed by atoms with Crippen LogP contribution >= 0.6 is 0 Å². The molecule has 0 spiro atoms. The van der Waals surface area contributed by atoms with Crippen molar-refractivity contribution >= 4 is 17.5 Å². The van der Waals surface area contributed by atoms with Crippen molar-refractivity contribution in [3.05, 3.63) is 76.6 Å².